The van der Waals surface area contributed by atoms with Gasteiger partial charge in [0.05, 0.1) is 5.92 Å². The zero-order valence-corrected chi connectivity index (χ0v) is 19.5. The fourth-order valence-electron chi connectivity index (χ4n) is 4.18. The van der Waals surface area contributed by atoms with Crippen LogP contribution in [0.15, 0.2) is 64.2 Å². The molecule has 4 heteroatoms. The molecular formula is C25H33BrN2O. The van der Waals surface area contributed by atoms with E-state index in [-0.39, 0.29) is 11.8 Å². The molecule has 1 saturated carbocycles. The lowest BCUT2D eigenvalue weighted by Gasteiger charge is -2.36. The summed E-state index contributed by atoms with van der Waals surface area (Å²) in [7, 11) is 0. The maximum atomic E-state index is 13.8. The monoisotopic (exact) mass is 456 g/mol. The molecule has 2 aliphatic rings. The number of benzene rings is 1. The number of piperidine rings is 1. The molecule has 1 aromatic carbocycles. The quantitative estimate of drug-likeness (QED) is 0.541. The highest BCUT2D eigenvalue weighted by Crippen LogP contribution is 2.36. The zero-order valence-electron chi connectivity index (χ0n) is 17.9. The number of rotatable bonds is 7. The summed E-state index contributed by atoms with van der Waals surface area (Å²) in [4.78, 5) is 15.9. The minimum Gasteiger partial charge on any atom is -0.335 e. The third-order valence-corrected chi connectivity index (χ3v) is 6.73. The molecule has 0 radical (unpaired) electrons. The smallest absolute Gasteiger partial charge is 0.228 e. The first-order chi connectivity index (χ1) is 13.9. The lowest BCUT2D eigenvalue weighted by atomic mass is 9.80. The number of allylic oxidation sites excluding steroid dienone is 3. The summed E-state index contributed by atoms with van der Waals surface area (Å²) in [5, 5.41) is 3.46. The molecule has 156 valence electrons. The van der Waals surface area contributed by atoms with E-state index in [1.165, 1.54) is 22.3 Å². The van der Waals surface area contributed by atoms with Crippen molar-refractivity contribution in [3.05, 3.63) is 69.8 Å². The summed E-state index contributed by atoms with van der Waals surface area (Å²) in [6.45, 7) is 12.7. The van der Waals surface area contributed by atoms with Crippen LogP contribution in [0.1, 0.15) is 51.5 Å². The Balaban J connectivity index is 1.86. The van der Waals surface area contributed by atoms with Gasteiger partial charge in [-0.15, -0.1) is 0 Å². The van der Waals surface area contributed by atoms with Gasteiger partial charge in [-0.05, 0) is 81.3 Å². The fraction of sp³-hybridized carbons (Fsp3) is 0.480. The van der Waals surface area contributed by atoms with Crippen LogP contribution in [0.4, 0.5) is 0 Å². The van der Waals surface area contributed by atoms with Gasteiger partial charge in [-0.1, -0.05) is 52.4 Å². The SMILES string of the molecule is C=C/C=C(/CN(C(=O)[C@H]1CNCC[C@@H]1c1cccc(Br)c1)C1CC1)C(C)=C(C)C. The lowest BCUT2D eigenvalue weighted by molar-refractivity contribution is -0.136. The first-order valence-corrected chi connectivity index (χ1v) is 11.4. The van der Waals surface area contributed by atoms with Crippen LogP contribution in [0.3, 0.4) is 0 Å². The molecule has 1 N–H and O–H groups in total. The second-order valence-electron chi connectivity index (χ2n) is 8.51. The van der Waals surface area contributed by atoms with Crippen molar-refractivity contribution in [2.45, 2.75) is 52.0 Å². The van der Waals surface area contributed by atoms with Crippen molar-refractivity contribution in [1.29, 1.82) is 0 Å². The minimum absolute atomic E-state index is 0.0179. The first kappa shape index (κ1) is 22.0. The Kier molecular flexibility index (Phi) is 7.53. The van der Waals surface area contributed by atoms with Gasteiger partial charge in [0.1, 0.15) is 0 Å². The number of amides is 1. The molecule has 1 aliphatic carbocycles. The Morgan fingerprint density at radius 2 is 2.03 bits per heavy atom. The molecule has 0 bridgehead atoms. The summed E-state index contributed by atoms with van der Waals surface area (Å²) >= 11 is 3.59. The molecule has 29 heavy (non-hydrogen) atoms. The summed E-state index contributed by atoms with van der Waals surface area (Å²) in [6, 6.07) is 8.84. The highest BCUT2D eigenvalue weighted by atomic mass is 79.9. The van der Waals surface area contributed by atoms with E-state index in [1.807, 2.05) is 12.1 Å². The maximum absolute atomic E-state index is 13.8. The van der Waals surface area contributed by atoms with Crippen molar-refractivity contribution < 1.29 is 4.79 Å². The molecule has 0 aromatic heterocycles. The highest BCUT2D eigenvalue weighted by Gasteiger charge is 2.40. The van der Waals surface area contributed by atoms with Gasteiger partial charge >= 0.3 is 0 Å². The molecule has 0 unspecified atom stereocenters. The summed E-state index contributed by atoms with van der Waals surface area (Å²) in [5.74, 6) is 0.538. The standard InChI is InChI=1S/C25H33BrN2O/c1-5-7-20(18(4)17(2)3)16-28(22-10-11-22)25(29)24-15-27-13-12-23(24)19-8-6-9-21(26)14-19/h5-9,14,22-24,27H,1,10-13,15-16H2,2-4H3/b20-7-/t23-,24+/m1/s1. The Bertz CT molecular complexity index is 818. The number of nitrogens with one attached hydrogen (secondary N) is 1. The molecule has 1 aliphatic heterocycles. The average molecular weight is 457 g/mol. The van der Waals surface area contributed by atoms with Crippen molar-refractivity contribution in [3.63, 3.8) is 0 Å². The number of carbonyl (C=O) groups excluding carboxylic acids is 1. The first-order valence-electron chi connectivity index (χ1n) is 10.6. The van der Waals surface area contributed by atoms with Gasteiger partial charge in [-0.3, -0.25) is 4.79 Å². The highest BCUT2D eigenvalue weighted by molar-refractivity contribution is 9.10. The van der Waals surface area contributed by atoms with Crippen molar-refractivity contribution in [2.75, 3.05) is 19.6 Å². The van der Waals surface area contributed by atoms with E-state index in [2.05, 4.69) is 77.8 Å². The van der Waals surface area contributed by atoms with Gasteiger partial charge in [-0.25, -0.2) is 0 Å². The van der Waals surface area contributed by atoms with E-state index in [4.69, 9.17) is 0 Å². The predicted molar refractivity (Wildman–Crippen MR) is 125 cm³/mol. The number of hydrogen-bond donors (Lipinski definition) is 1. The average Bonchev–Trinajstić information content (AvgIpc) is 3.55. The number of nitrogens with zero attached hydrogens (tertiary/aromatic N) is 1. The van der Waals surface area contributed by atoms with Crippen LogP contribution in [0.25, 0.3) is 0 Å². The van der Waals surface area contributed by atoms with Gasteiger partial charge in [0.25, 0.3) is 0 Å². The Labute approximate surface area is 184 Å². The van der Waals surface area contributed by atoms with E-state index in [0.717, 1.165) is 36.8 Å². The number of halogens is 1. The maximum Gasteiger partial charge on any atom is 0.228 e. The summed E-state index contributed by atoms with van der Waals surface area (Å²) in [5.41, 5.74) is 5.00. The second-order valence-corrected chi connectivity index (χ2v) is 9.43. The van der Waals surface area contributed by atoms with Crippen LogP contribution < -0.4 is 5.32 Å². The van der Waals surface area contributed by atoms with Crippen molar-refractivity contribution in [1.82, 2.24) is 10.2 Å². The van der Waals surface area contributed by atoms with Gasteiger partial charge in [0, 0.05) is 23.6 Å². The molecule has 2 atom stereocenters. The van der Waals surface area contributed by atoms with Crippen molar-refractivity contribution >= 4 is 21.8 Å². The second kappa shape index (κ2) is 9.90. The van der Waals surface area contributed by atoms with E-state index >= 15 is 0 Å². The molecule has 2 fully saturated rings. The zero-order chi connectivity index (χ0) is 21.0. The molecule has 1 heterocycles. The Morgan fingerprint density at radius 1 is 1.28 bits per heavy atom. The molecule has 1 aromatic rings. The molecule has 1 saturated heterocycles. The van der Waals surface area contributed by atoms with E-state index in [1.54, 1.807) is 0 Å². The molecule has 1 amide bonds. The van der Waals surface area contributed by atoms with E-state index in [0.29, 0.717) is 18.5 Å². The Hall–Kier alpha value is -1.65. The van der Waals surface area contributed by atoms with Crippen molar-refractivity contribution in [2.24, 2.45) is 5.92 Å². The predicted octanol–water partition coefficient (Wildman–Crippen LogP) is 5.60. The fourth-order valence-corrected chi connectivity index (χ4v) is 4.60. The van der Waals surface area contributed by atoms with Crippen LogP contribution in [0.5, 0.6) is 0 Å². The van der Waals surface area contributed by atoms with Crippen LogP contribution in [0.2, 0.25) is 0 Å². The molecule has 3 rings (SSSR count). The van der Waals surface area contributed by atoms with Gasteiger partial charge in [0.2, 0.25) is 5.91 Å². The third-order valence-electron chi connectivity index (χ3n) is 6.24. The lowest BCUT2D eigenvalue weighted by Crippen LogP contribution is -2.47. The van der Waals surface area contributed by atoms with Crippen LogP contribution in [-0.4, -0.2) is 36.5 Å². The van der Waals surface area contributed by atoms with Crippen LogP contribution >= 0.6 is 15.9 Å². The Morgan fingerprint density at radius 3 is 2.66 bits per heavy atom. The van der Waals surface area contributed by atoms with Crippen LogP contribution in [-0.2, 0) is 4.79 Å². The number of hydrogen-bond acceptors (Lipinski definition) is 2. The largest absolute Gasteiger partial charge is 0.335 e. The van der Waals surface area contributed by atoms with Gasteiger partial charge < -0.3 is 10.2 Å². The molecule has 0 spiro atoms. The topological polar surface area (TPSA) is 32.3 Å². The van der Waals surface area contributed by atoms with Gasteiger partial charge in [-0.2, -0.15) is 0 Å². The van der Waals surface area contributed by atoms with E-state index < -0.39 is 0 Å². The van der Waals surface area contributed by atoms with Gasteiger partial charge in [0.15, 0.2) is 0 Å². The third kappa shape index (κ3) is 5.49. The molecular weight excluding hydrogens is 424 g/mol. The summed E-state index contributed by atoms with van der Waals surface area (Å²) < 4.78 is 1.08. The number of carbonyl (C=O) groups is 1. The van der Waals surface area contributed by atoms with Crippen molar-refractivity contribution in [3.8, 4) is 0 Å². The summed E-state index contributed by atoms with van der Waals surface area (Å²) in [6.07, 6.45) is 7.12. The minimum atomic E-state index is -0.0179. The molecule has 3 nitrogen and oxygen atoms in total. The van der Waals surface area contributed by atoms with E-state index in [9.17, 15) is 4.79 Å². The normalized spacial score (nSPS) is 22.1. The van der Waals surface area contributed by atoms with Crippen LogP contribution in [0, 0.1) is 5.92 Å².